The molecule has 10 heteroatoms. The number of carbonyl (C=O) groups is 1. The Morgan fingerprint density at radius 2 is 2.09 bits per heavy atom. The zero-order valence-electron chi connectivity index (χ0n) is 11.1. The Morgan fingerprint density at radius 1 is 1.45 bits per heavy atom. The first-order valence-corrected chi connectivity index (χ1v) is 5.80. The van der Waals surface area contributed by atoms with Crippen LogP contribution in [0.5, 0.6) is 5.75 Å². The molecule has 0 aliphatic heterocycles. The lowest BCUT2D eigenvalue weighted by Crippen LogP contribution is -2.20. The number of ether oxygens (including phenoxy) is 2. The molecule has 0 radical (unpaired) electrons. The van der Waals surface area contributed by atoms with Crippen LogP contribution in [-0.2, 0) is 16.0 Å². The summed E-state index contributed by atoms with van der Waals surface area (Å²) in [6, 6.07) is 2.77. The van der Waals surface area contributed by atoms with E-state index >= 15 is 0 Å². The predicted molar refractivity (Wildman–Crippen MR) is 64.8 cm³/mol. The standard InChI is InChI=1S/C12H9F3N2O5/c1-2-21-11(18)5-9-7(6-16)3-8(17(19)20)4-10(9)22-12(13,14)15/h3-4H,2,5H2,1H3. The Bertz CT molecular complexity index is 637. The number of nitriles is 1. The number of esters is 1. The molecule has 0 saturated heterocycles. The highest BCUT2D eigenvalue weighted by Crippen LogP contribution is 2.33. The van der Waals surface area contributed by atoms with Crippen LogP contribution in [0, 0.1) is 21.4 Å². The number of benzene rings is 1. The minimum Gasteiger partial charge on any atom is -0.466 e. The Kier molecular flexibility index (Phi) is 5.28. The van der Waals surface area contributed by atoms with Gasteiger partial charge < -0.3 is 9.47 Å². The average Bonchev–Trinajstić information content (AvgIpc) is 2.38. The molecule has 0 heterocycles. The number of rotatable bonds is 5. The molecule has 0 amide bonds. The van der Waals surface area contributed by atoms with Crippen molar-refractivity contribution in [2.45, 2.75) is 19.7 Å². The average molecular weight is 318 g/mol. The van der Waals surface area contributed by atoms with Gasteiger partial charge in [0, 0.05) is 11.6 Å². The normalized spacial score (nSPS) is 10.7. The molecule has 1 aromatic carbocycles. The maximum absolute atomic E-state index is 12.4. The zero-order valence-corrected chi connectivity index (χ0v) is 11.1. The molecule has 0 bridgehead atoms. The molecule has 0 saturated carbocycles. The van der Waals surface area contributed by atoms with Gasteiger partial charge in [0.05, 0.1) is 35.7 Å². The number of alkyl halides is 3. The maximum Gasteiger partial charge on any atom is 0.573 e. The fourth-order valence-corrected chi connectivity index (χ4v) is 1.59. The third-order valence-corrected chi connectivity index (χ3v) is 2.38. The van der Waals surface area contributed by atoms with Crippen molar-refractivity contribution in [1.82, 2.24) is 0 Å². The lowest BCUT2D eigenvalue weighted by Gasteiger charge is -2.14. The number of non-ortho nitro benzene ring substituents is 1. The summed E-state index contributed by atoms with van der Waals surface area (Å²) in [6.45, 7) is 1.48. The fraction of sp³-hybridized carbons (Fsp3) is 0.333. The highest BCUT2D eigenvalue weighted by atomic mass is 19.4. The van der Waals surface area contributed by atoms with E-state index in [0.29, 0.717) is 6.07 Å². The molecule has 0 aliphatic rings. The highest BCUT2D eigenvalue weighted by Gasteiger charge is 2.34. The number of nitrogens with zero attached hydrogens (tertiary/aromatic N) is 2. The molecule has 1 rings (SSSR count). The summed E-state index contributed by atoms with van der Waals surface area (Å²) in [4.78, 5) is 21.1. The van der Waals surface area contributed by atoms with Crippen LogP contribution in [-0.4, -0.2) is 23.9 Å². The molecule has 1 aromatic rings. The first-order valence-electron chi connectivity index (χ1n) is 5.80. The van der Waals surface area contributed by atoms with Gasteiger partial charge in [-0.05, 0) is 6.92 Å². The quantitative estimate of drug-likeness (QED) is 0.469. The Morgan fingerprint density at radius 3 is 2.55 bits per heavy atom. The molecule has 0 aromatic heterocycles. The van der Waals surface area contributed by atoms with Crippen molar-refractivity contribution in [3.63, 3.8) is 0 Å². The molecular weight excluding hydrogens is 309 g/mol. The van der Waals surface area contributed by atoms with E-state index in [9.17, 15) is 28.1 Å². The van der Waals surface area contributed by atoms with E-state index in [1.165, 1.54) is 13.0 Å². The van der Waals surface area contributed by atoms with E-state index in [1.54, 1.807) is 0 Å². The van der Waals surface area contributed by atoms with E-state index in [2.05, 4.69) is 9.47 Å². The van der Waals surface area contributed by atoms with E-state index < -0.39 is 46.2 Å². The first-order chi connectivity index (χ1) is 10.2. The van der Waals surface area contributed by atoms with E-state index in [0.717, 1.165) is 6.07 Å². The van der Waals surface area contributed by atoms with Gasteiger partial charge in [0.15, 0.2) is 0 Å². The van der Waals surface area contributed by atoms with Gasteiger partial charge in [-0.3, -0.25) is 14.9 Å². The number of nitro groups is 1. The minimum absolute atomic E-state index is 0.0108. The van der Waals surface area contributed by atoms with Crippen molar-refractivity contribution in [2.24, 2.45) is 0 Å². The molecule has 0 unspecified atom stereocenters. The summed E-state index contributed by atoms with van der Waals surface area (Å²) in [5, 5.41) is 19.6. The summed E-state index contributed by atoms with van der Waals surface area (Å²) < 4.78 is 45.4. The van der Waals surface area contributed by atoms with Crippen LogP contribution < -0.4 is 4.74 Å². The van der Waals surface area contributed by atoms with Gasteiger partial charge in [0.2, 0.25) is 0 Å². The van der Waals surface area contributed by atoms with E-state index in [-0.39, 0.29) is 6.61 Å². The zero-order chi connectivity index (χ0) is 16.9. The predicted octanol–water partition coefficient (Wildman–Crippen LogP) is 2.47. The molecular formula is C12H9F3N2O5. The van der Waals surface area contributed by atoms with Crippen molar-refractivity contribution in [3.8, 4) is 11.8 Å². The van der Waals surface area contributed by atoms with Crippen molar-refractivity contribution in [2.75, 3.05) is 6.61 Å². The lowest BCUT2D eigenvalue weighted by atomic mass is 10.0. The maximum atomic E-state index is 12.4. The van der Waals surface area contributed by atoms with Crippen LogP contribution in [0.1, 0.15) is 18.1 Å². The van der Waals surface area contributed by atoms with Crippen molar-refractivity contribution in [1.29, 1.82) is 5.26 Å². The second kappa shape index (κ2) is 6.75. The molecule has 0 aliphatic carbocycles. The third kappa shape index (κ3) is 4.62. The molecule has 7 nitrogen and oxygen atoms in total. The number of halogens is 3. The Labute approximate surface area is 122 Å². The van der Waals surface area contributed by atoms with Crippen LogP contribution in [0.3, 0.4) is 0 Å². The second-order valence-electron chi connectivity index (χ2n) is 3.87. The molecule has 0 atom stereocenters. The van der Waals surface area contributed by atoms with Crippen LogP contribution in [0.15, 0.2) is 12.1 Å². The smallest absolute Gasteiger partial charge is 0.466 e. The van der Waals surface area contributed by atoms with Crippen LogP contribution in [0.4, 0.5) is 18.9 Å². The van der Waals surface area contributed by atoms with Crippen molar-refractivity contribution in [3.05, 3.63) is 33.4 Å². The summed E-state index contributed by atoms with van der Waals surface area (Å²) in [5.74, 6) is -1.87. The van der Waals surface area contributed by atoms with Crippen molar-refractivity contribution < 1.29 is 32.4 Å². The lowest BCUT2D eigenvalue weighted by molar-refractivity contribution is -0.385. The molecule has 0 N–H and O–H groups in total. The monoisotopic (exact) mass is 318 g/mol. The topological polar surface area (TPSA) is 102 Å². The van der Waals surface area contributed by atoms with Gasteiger partial charge in [0.1, 0.15) is 5.75 Å². The fourth-order valence-electron chi connectivity index (χ4n) is 1.59. The van der Waals surface area contributed by atoms with Gasteiger partial charge in [-0.25, -0.2) is 0 Å². The van der Waals surface area contributed by atoms with Crippen molar-refractivity contribution >= 4 is 11.7 Å². The minimum atomic E-state index is -5.13. The van der Waals surface area contributed by atoms with Crippen LogP contribution in [0.2, 0.25) is 0 Å². The number of nitro benzene ring substituents is 1. The Balaban J connectivity index is 3.39. The van der Waals surface area contributed by atoms with Crippen LogP contribution >= 0.6 is 0 Å². The van der Waals surface area contributed by atoms with Crippen LogP contribution in [0.25, 0.3) is 0 Å². The molecule has 22 heavy (non-hydrogen) atoms. The van der Waals surface area contributed by atoms with Gasteiger partial charge >= 0.3 is 12.3 Å². The number of carbonyl (C=O) groups excluding carboxylic acids is 1. The van der Waals surface area contributed by atoms with Gasteiger partial charge in [-0.15, -0.1) is 13.2 Å². The number of hydrogen-bond acceptors (Lipinski definition) is 6. The van der Waals surface area contributed by atoms with Gasteiger partial charge in [0.25, 0.3) is 5.69 Å². The first kappa shape index (κ1) is 17.2. The summed E-state index contributed by atoms with van der Waals surface area (Å²) in [7, 11) is 0. The largest absolute Gasteiger partial charge is 0.573 e. The molecule has 0 fully saturated rings. The molecule has 118 valence electrons. The van der Waals surface area contributed by atoms with E-state index in [1.807, 2.05) is 0 Å². The summed E-state index contributed by atoms with van der Waals surface area (Å²) in [6.07, 6.45) is -5.81. The Hall–Kier alpha value is -2.83. The molecule has 0 spiro atoms. The van der Waals surface area contributed by atoms with Gasteiger partial charge in [-0.2, -0.15) is 5.26 Å². The SMILES string of the molecule is CCOC(=O)Cc1c(C#N)cc([N+](=O)[O-])cc1OC(F)(F)F. The number of hydrogen-bond donors (Lipinski definition) is 0. The third-order valence-electron chi connectivity index (χ3n) is 2.38. The summed E-state index contributed by atoms with van der Waals surface area (Å²) in [5.41, 5.74) is -1.66. The second-order valence-corrected chi connectivity index (χ2v) is 3.87. The highest BCUT2D eigenvalue weighted by molar-refractivity contribution is 5.75. The van der Waals surface area contributed by atoms with E-state index in [4.69, 9.17) is 5.26 Å². The summed E-state index contributed by atoms with van der Waals surface area (Å²) >= 11 is 0. The van der Waals surface area contributed by atoms with Gasteiger partial charge in [-0.1, -0.05) is 0 Å².